The Morgan fingerprint density at radius 1 is 1.26 bits per heavy atom. The number of benzene rings is 1. The summed E-state index contributed by atoms with van der Waals surface area (Å²) in [7, 11) is 1.71. The lowest BCUT2D eigenvalue weighted by atomic mass is 9.95. The molecular weight excluding hydrogens is 288 g/mol. The zero-order chi connectivity index (χ0) is 16.9. The Hall–Kier alpha value is -1.10. The molecule has 1 aromatic carbocycles. The zero-order valence-corrected chi connectivity index (χ0v) is 15.1. The van der Waals surface area contributed by atoms with Gasteiger partial charge in [0.15, 0.2) is 0 Å². The van der Waals surface area contributed by atoms with E-state index in [1.807, 2.05) is 12.1 Å². The van der Waals surface area contributed by atoms with Crippen LogP contribution in [0.1, 0.15) is 32.8 Å². The van der Waals surface area contributed by atoms with Gasteiger partial charge in [-0.3, -0.25) is 9.80 Å². The number of hydrogen-bond acceptors (Lipinski definition) is 4. The molecular formula is C19H32N2O2. The first-order valence-corrected chi connectivity index (χ1v) is 8.61. The molecule has 1 aliphatic heterocycles. The molecule has 0 spiro atoms. The molecule has 0 unspecified atom stereocenters. The van der Waals surface area contributed by atoms with Crippen LogP contribution in [-0.4, -0.2) is 60.8 Å². The van der Waals surface area contributed by atoms with Crippen LogP contribution in [0, 0.1) is 5.41 Å². The fourth-order valence-electron chi connectivity index (χ4n) is 3.41. The molecule has 1 saturated heterocycles. The summed E-state index contributed by atoms with van der Waals surface area (Å²) in [4.78, 5) is 5.05. The van der Waals surface area contributed by atoms with Gasteiger partial charge in [0.05, 0.1) is 7.11 Å². The fourth-order valence-corrected chi connectivity index (χ4v) is 3.41. The number of piperazine rings is 1. The summed E-state index contributed by atoms with van der Waals surface area (Å²) in [6, 6.07) is 8.71. The van der Waals surface area contributed by atoms with Crippen molar-refractivity contribution in [3.63, 3.8) is 0 Å². The number of ether oxygens (including phenoxy) is 1. The Morgan fingerprint density at radius 3 is 2.70 bits per heavy atom. The third kappa shape index (κ3) is 5.79. The van der Waals surface area contributed by atoms with Crippen molar-refractivity contribution < 1.29 is 9.84 Å². The lowest BCUT2D eigenvalue weighted by Gasteiger charge is -2.43. The maximum atomic E-state index is 9.44. The van der Waals surface area contributed by atoms with Crippen molar-refractivity contribution >= 4 is 0 Å². The molecule has 4 nitrogen and oxygen atoms in total. The van der Waals surface area contributed by atoms with Crippen LogP contribution in [0.15, 0.2) is 24.3 Å². The molecule has 1 N–H and O–H groups in total. The van der Waals surface area contributed by atoms with Crippen LogP contribution in [-0.2, 0) is 6.54 Å². The van der Waals surface area contributed by atoms with Crippen molar-refractivity contribution in [2.75, 3.05) is 39.9 Å². The van der Waals surface area contributed by atoms with Gasteiger partial charge >= 0.3 is 0 Å². The average molecular weight is 320 g/mol. The van der Waals surface area contributed by atoms with Crippen molar-refractivity contribution in [2.45, 2.75) is 39.8 Å². The Balaban J connectivity index is 2.00. The molecule has 130 valence electrons. The second-order valence-corrected chi connectivity index (χ2v) is 7.78. The minimum Gasteiger partial charge on any atom is -0.497 e. The van der Waals surface area contributed by atoms with E-state index < -0.39 is 0 Å². The molecule has 1 heterocycles. The van der Waals surface area contributed by atoms with E-state index in [9.17, 15) is 5.11 Å². The largest absolute Gasteiger partial charge is 0.497 e. The second kappa shape index (κ2) is 8.13. The molecule has 1 atom stereocenters. The molecule has 1 fully saturated rings. The number of aliphatic hydroxyl groups excluding tert-OH is 1. The summed E-state index contributed by atoms with van der Waals surface area (Å²) in [5.41, 5.74) is 1.59. The van der Waals surface area contributed by atoms with Crippen LogP contribution >= 0.6 is 0 Å². The molecule has 0 amide bonds. The van der Waals surface area contributed by atoms with E-state index in [1.165, 1.54) is 5.56 Å². The molecule has 23 heavy (non-hydrogen) atoms. The van der Waals surface area contributed by atoms with E-state index >= 15 is 0 Å². The summed E-state index contributed by atoms with van der Waals surface area (Å²) < 4.78 is 5.32. The van der Waals surface area contributed by atoms with Gasteiger partial charge in [0.25, 0.3) is 0 Å². The maximum absolute atomic E-state index is 9.44. The first kappa shape index (κ1) is 18.2. The smallest absolute Gasteiger partial charge is 0.119 e. The lowest BCUT2D eigenvalue weighted by molar-refractivity contribution is 0.0381. The van der Waals surface area contributed by atoms with Crippen LogP contribution in [0.25, 0.3) is 0 Å². The first-order valence-electron chi connectivity index (χ1n) is 8.61. The van der Waals surface area contributed by atoms with Gasteiger partial charge in [0.2, 0.25) is 0 Å². The first-order chi connectivity index (χ1) is 10.9. The molecule has 0 aliphatic carbocycles. The number of nitrogens with zero attached hydrogens (tertiary/aromatic N) is 2. The standard InChI is InChI=1S/C19H32N2O2/c1-19(2,3)15-20-9-10-21(17(14-20)8-11-22)13-16-6-5-7-18(12-16)23-4/h5-7,12,17,22H,8-11,13-15H2,1-4H3/t17-/m1/s1. The predicted molar refractivity (Wildman–Crippen MR) is 94.8 cm³/mol. The summed E-state index contributed by atoms with van der Waals surface area (Å²) in [5.74, 6) is 0.910. The highest BCUT2D eigenvalue weighted by Crippen LogP contribution is 2.22. The third-order valence-electron chi connectivity index (χ3n) is 4.37. The van der Waals surface area contributed by atoms with Gasteiger partial charge < -0.3 is 9.84 Å². The number of rotatable bonds is 6. The minimum absolute atomic E-state index is 0.253. The summed E-state index contributed by atoms with van der Waals surface area (Å²) in [6.07, 6.45) is 0.838. The summed E-state index contributed by atoms with van der Waals surface area (Å²) >= 11 is 0. The monoisotopic (exact) mass is 320 g/mol. The van der Waals surface area contributed by atoms with Gasteiger partial charge in [-0.2, -0.15) is 0 Å². The van der Waals surface area contributed by atoms with Gasteiger partial charge in [-0.05, 0) is 29.5 Å². The Bertz CT molecular complexity index is 485. The molecule has 2 rings (SSSR count). The molecule has 0 bridgehead atoms. The van der Waals surface area contributed by atoms with Gasteiger partial charge in [0, 0.05) is 45.4 Å². The van der Waals surface area contributed by atoms with Crippen LogP contribution < -0.4 is 4.74 Å². The minimum atomic E-state index is 0.253. The van der Waals surface area contributed by atoms with E-state index in [0.29, 0.717) is 11.5 Å². The maximum Gasteiger partial charge on any atom is 0.119 e. The van der Waals surface area contributed by atoms with Crippen molar-refractivity contribution in [3.8, 4) is 5.75 Å². The zero-order valence-electron chi connectivity index (χ0n) is 15.1. The fraction of sp³-hybridized carbons (Fsp3) is 0.684. The molecule has 0 radical (unpaired) electrons. The Kier molecular flexibility index (Phi) is 6.45. The predicted octanol–water partition coefficient (Wildman–Crippen LogP) is 2.61. The number of aliphatic hydroxyl groups is 1. The van der Waals surface area contributed by atoms with Gasteiger partial charge in [0.1, 0.15) is 5.75 Å². The topological polar surface area (TPSA) is 35.9 Å². The van der Waals surface area contributed by atoms with Crippen LogP contribution in [0.3, 0.4) is 0 Å². The highest BCUT2D eigenvalue weighted by atomic mass is 16.5. The Morgan fingerprint density at radius 2 is 2.04 bits per heavy atom. The van der Waals surface area contributed by atoms with Crippen LogP contribution in [0.5, 0.6) is 5.75 Å². The van der Waals surface area contributed by atoms with Crippen LogP contribution in [0.2, 0.25) is 0 Å². The van der Waals surface area contributed by atoms with Crippen molar-refractivity contribution in [1.82, 2.24) is 9.80 Å². The second-order valence-electron chi connectivity index (χ2n) is 7.78. The van der Waals surface area contributed by atoms with Crippen LogP contribution in [0.4, 0.5) is 0 Å². The van der Waals surface area contributed by atoms with Crippen molar-refractivity contribution in [1.29, 1.82) is 0 Å². The number of hydrogen-bond donors (Lipinski definition) is 1. The third-order valence-corrected chi connectivity index (χ3v) is 4.37. The van der Waals surface area contributed by atoms with E-state index in [0.717, 1.165) is 44.9 Å². The molecule has 0 saturated carbocycles. The van der Waals surface area contributed by atoms with Crippen molar-refractivity contribution in [3.05, 3.63) is 29.8 Å². The van der Waals surface area contributed by atoms with E-state index in [-0.39, 0.29) is 6.61 Å². The quantitative estimate of drug-likeness (QED) is 0.874. The van der Waals surface area contributed by atoms with Gasteiger partial charge in [-0.1, -0.05) is 32.9 Å². The average Bonchev–Trinajstić information content (AvgIpc) is 2.49. The van der Waals surface area contributed by atoms with Gasteiger partial charge in [-0.15, -0.1) is 0 Å². The Labute approximate surface area is 141 Å². The summed E-state index contributed by atoms with van der Waals surface area (Å²) in [5, 5.41) is 9.44. The lowest BCUT2D eigenvalue weighted by Crippen LogP contribution is -2.54. The molecule has 0 aromatic heterocycles. The highest BCUT2D eigenvalue weighted by molar-refractivity contribution is 5.28. The highest BCUT2D eigenvalue weighted by Gasteiger charge is 2.28. The van der Waals surface area contributed by atoms with Gasteiger partial charge in [-0.25, -0.2) is 0 Å². The van der Waals surface area contributed by atoms with Crippen molar-refractivity contribution in [2.24, 2.45) is 5.41 Å². The molecule has 4 heteroatoms. The van der Waals surface area contributed by atoms with E-state index in [2.05, 4.69) is 42.7 Å². The van der Waals surface area contributed by atoms with E-state index in [1.54, 1.807) is 7.11 Å². The molecule has 1 aliphatic rings. The molecule has 1 aromatic rings. The van der Waals surface area contributed by atoms with E-state index in [4.69, 9.17) is 4.74 Å². The normalized spacial score (nSPS) is 20.7. The summed E-state index contributed by atoms with van der Waals surface area (Å²) in [6.45, 7) is 12.3. The SMILES string of the molecule is COc1cccc(CN2CCN(CC(C)(C)C)C[C@H]2CCO)c1. The number of methoxy groups -OCH3 is 1.